The number of nitrogens with two attached hydrogens (primary N) is 1. The average molecular weight is 517 g/mol. The molecule has 1 heterocycles. The van der Waals surface area contributed by atoms with Gasteiger partial charge in [-0.15, -0.1) is 0 Å². The van der Waals surface area contributed by atoms with Gasteiger partial charge in [0.2, 0.25) is 5.91 Å². The van der Waals surface area contributed by atoms with Crippen LogP contribution in [0.2, 0.25) is 5.02 Å². The quantitative estimate of drug-likeness (QED) is 0.404. The Morgan fingerprint density at radius 3 is 2.42 bits per heavy atom. The molecule has 2 aromatic carbocycles. The van der Waals surface area contributed by atoms with E-state index in [2.05, 4.69) is 10.6 Å². The van der Waals surface area contributed by atoms with Crippen LogP contribution in [0.3, 0.4) is 0 Å². The third-order valence-corrected chi connectivity index (χ3v) is 6.71. The number of halogens is 1. The summed E-state index contributed by atoms with van der Waals surface area (Å²) in [6.45, 7) is 2.34. The lowest BCUT2D eigenvalue weighted by molar-refractivity contribution is -0.142. The standard InChI is InChI=1S/C26H33ClN4O5/c1-2-18-7-9-20(10-8-18)29-25(35)36-17-26(11-13-31(14-12-26)24(34)22(32)16-28)30-23(33)15-19-5-3-4-6-21(19)27/h3-10,22,32H,2,11-17,28H2,1H3,(H,29,35)(H,30,33). The number of likely N-dealkylation sites (tertiary alicyclic amines) is 1. The Kier molecular flexibility index (Phi) is 9.69. The van der Waals surface area contributed by atoms with Crippen molar-refractivity contribution in [3.63, 3.8) is 0 Å². The van der Waals surface area contributed by atoms with Crippen LogP contribution in [0.5, 0.6) is 0 Å². The van der Waals surface area contributed by atoms with Crippen LogP contribution in [-0.4, -0.2) is 65.8 Å². The Balaban J connectivity index is 1.66. The number of hydrogen-bond acceptors (Lipinski definition) is 6. The number of ether oxygens (including phenoxy) is 1. The molecule has 1 aliphatic rings. The number of anilines is 1. The normalized spacial score (nSPS) is 15.6. The molecule has 9 nitrogen and oxygen atoms in total. The molecule has 0 spiro atoms. The number of rotatable bonds is 9. The lowest BCUT2D eigenvalue weighted by atomic mass is 9.87. The molecule has 0 radical (unpaired) electrons. The van der Waals surface area contributed by atoms with E-state index in [0.717, 1.165) is 12.0 Å². The van der Waals surface area contributed by atoms with Crippen molar-refractivity contribution in [1.82, 2.24) is 10.2 Å². The van der Waals surface area contributed by atoms with E-state index >= 15 is 0 Å². The Bertz CT molecular complexity index is 1050. The molecule has 0 aliphatic carbocycles. The second-order valence-electron chi connectivity index (χ2n) is 8.93. The van der Waals surface area contributed by atoms with E-state index in [1.165, 1.54) is 4.90 Å². The topological polar surface area (TPSA) is 134 Å². The van der Waals surface area contributed by atoms with E-state index in [-0.39, 0.29) is 38.6 Å². The molecule has 1 fully saturated rings. The first kappa shape index (κ1) is 27.4. The molecule has 10 heteroatoms. The van der Waals surface area contributed by atoms with Crippen molar-refractivity contribution in [3.8, 4) is 0 Å². The van der Waals surface area contributed by atoms with E-state index in [4.69, 9.17) is 22.1 Å². The number of nitrogens with zero attached hydrogens (tertiary/aromatic N) is 1. The van der Waals surface area contributed by atoms with Crippen LogP contribution in [0.1, 0.15) is 30.9 Å². The smallest absolute Gasteiger partial charge is 0.411 e. The molecule has 0 bridgehead atoms. The molecule has 2 aromatic rings. The van der Waals surface area contributed by atoms with E-state index in [9.17, 15) is 19.5 Å². The summed E-state index contributed by atoms with van der Waals surface area (Å²) < 4.78 is 5.52. The zero-order valence-electron chi connectivity index (χ0n) is 20.3. The highest BCUT2D eigenvalue weighted by atomic mass is 35.5. The molecule has 3 rings (SSSR count). The maximum Gasteiger partial charge on any atom is 0.411 e. The largest absolute Gasteiger partial charge is 0.447 e. The molecule has 1 saturated heterocycles. The third-order valence-electron chi connectivity index (χ3n) is 6.34. The number of aliphatic hydroxyl groups excluding tert-OH is 1. The molecule has 0 saturated carbocycles. The lowest BCUT2D eigenvalue weighted by Gasteiger charge is -2.42. The molecular weight excluding hydrogens is 484 g/mol. The molecule has 1 unspecified atom stereocenters. The molecule has 1 atom stereocenters. The van der Waals surface area contributed by atoms with Crippen molar-refractivity contribution in [1.29, 1.82) is 0 Å². The van der Waals surface area contributed by atoms with Crippen LogP contribution in [0.25, 0.3) is 0 Å². The molecule has 1 aliphatic heterocycles. The Labute approximate surface area is 215 Å². The zero-order valence-corrected chi connectivity index (χ0v) is 21.1. The number of aryl methyl sites for hydroxylation is 1. The molecule has 36 heavy (non-hydrogen) atoms. The fourth-order valence-corrected chi connectivity index (χ4v) is 4.31. The van der Waals surface area contributed by atoms with Gasteiger partial charge in [0.1, 0.15) is 12.7 Å². The van der Waals surface area contributed by atoms with Gasteiger partial charge in [-0.2, -0.15) is 0 Å². The van der Waals surface area contributed by atoms with Crippen molar-refractivity contribution in [2.24, 2.45) is 5.73 Å². The first-order chi connectivity index (χ1) is 17.2. The van der Waals surface area contributed by atoms with Gasteiger partial charge in [-0.25, -0.2) is 4.79 Å². The van der Waals surface area contributed by atoms with Gasteiger partial charge in [0.15, 0.2) is 0 Å². The summed E-state index contributed by atoms with van der Waals surface area (Å²) in [6.07, 6.45) is -0.287. The molecule has 0 aromatic heterocycles. The minimum atomic E-state index is -1.27. The van der Waals surface area contributed by atoms with E-state index < -0.39 is 23.6 Å². The van der Waals surface area contributed by atoms with Gasteiger partial charge in [-0.3, -0.25) is 14.9 Å². The van der Waals surface area contributed by atoms with Gasteiger partial charge in [-0.05, 0) is 48.6 Å². The summed E-state index contributed by atoms with van der Waals surface area (Å²) in [5.41, 5.74) is 6.96. The van der Waals surface area contributed by atoms with E-state index in [1.54, 1.807) is 36.4 Å². The van der Waals surface area contributed by atoms with Crippen molar-refractivity contribution in [2.75, 3.05) is 31.6 Å². The van der Waals surface area contributed by atoms with Gasteiger partial charge >= 0.3 is 6.09 Å². The van der Waals surface area contributed by atoms with Gasteiger partial charge < -0.3 is 25.8 Å². The number of carbonyl (C=O) groups excluding carboxylic acids is 3. The maximum absolute atomic E-state index is 12.9. The number of benzene rings is 2. The summed E-state index contributed by atoms with van der Waals surface area (Å²) in [4.78, 5) is 39.3. The van der Waals surface area contributed by atoms with E-state index in [0.29, 0.717) is 29.1 Å². The van der Waals surface area contributed by atoms with Gasteiger partial charge in [-0.1, -0.05) is 48.9 Å². The number of piperidine rings is 1. The predicted octanol–water partition coefficient (Wildman–Crippen LogP) is 2.49. The van der Waals surface area contributed by atoms with Crippen LogP contribution >= 0.6 is 11.6 Å². The number of hydrogen-bond donors (Lipinski definition) is 4. The van der Waals surface area contributed by atoms with Gasteiger partial charge in [0, 0.05) is 30.3 Å². The minimum absolute atomic E-state index is 0.0614. The highest BCUT2D eigenvalue weighted by molar-refractivity contribution is 6.31. The first-order valence-corrected chi connectivity index (χ1v) is 12.4. The van der Waals surface area contributed by atoms with Crippen LogP contribution in [0.15, 0.2) is 48.5 Å². The monoisotopic (exact) mass is 516 g/mol. The second-order valence-corrected chi connectivity index (χ2v) is 9.33. The molecule has 194 valence electrons. The summed E-state index contributed by atoms with van der Waals surface area (Å²) >= 11 is 6.21. The minimum Gasteiger partial charge on any atom is -0.447 e. The number of nitrogens with one attached hydrogen (secondary N) is 2. The lowest BCUT2D eigenvalue weighted by Crippen LogP contribution is -2.60. The number of amides is 3. The van der Waals surface area contributed by atoms with Crippen LogP contribution < -0.4 is 16.4 Å². The molecular formula is C26H33ClN4O5. The highest BCUT2D eigenvalue weighted by Crippen LogP contribution is 2.25. The zero-order chi connectivity index (χ0) is 26.1. The fourth-order valence-electron chi connectivity index (χ4n) is 4.11. The SMILES string of the molecule is CCc1ccc(NC(=O)OCC2(NC(=O)Cc3ccccc3Cl)CCN(C(=O)C(O)CN)CC2)cc1. The van der Waals surface area contributed by atoms with Crippen LogP contribution in [0, 0.1) is 0 Å². The summed E-state index contributed by atoms with van der Waals surface area (Å²) in [5.74, 6) is -0.730. The van der Waals surface area contributed by atoms with Crippen molar-refractivity contribution >= 4 is 35.2 Å². The number of aliphatic hydroxyl groups is 1. The molecule has 3 amide bonds. The van der Waals surface area contributed by atoms with Gasteiger partial charge in [0.05, 0.1) is 12.0 Å². The first-order valence-electron chi connectivity index (χ1n) is 12.0. The highest BCUT2D eigenvalue weighted by Gasteiger charge is 2.39. The fraction of sp³-hybridized carbons (Fsp3) is 0.423. The summed E-state index contributed by atoms with van der Waals surface area (Å²) in [7, 11) is 0. The van der Waals surface area contributed by atoms with Crippen LogP contribution in [-0.2, 0) is 27.2 Å². The van der Waals surface area contributed by atoms with Crippen molar-refractivity contribution in [2.45, 2.75) is 44.2 Å². The molecule has 5 N–H and O–H groups in total. The van der Waals surface area contributed by atoms with Gasteiger partial charge in [0.25, 0.3) is 5.91 Å². The average Bonchev–Trinajstić information content (AvgIpc) is 2.89. The second kappa shape index (κ2) is 12.7. The van der Waals surface area contributed by atoms with Crippen molar-refractivity contribution in [3.05, 3.63) is 64.7 Å². The predicted molar refractivity (Wildman–Crippen MR) is 138 cm³/mol. The van der Waals surface area contributed by atoms with E-state index in [1.807, 2.05) is 19.1 Å². The van der Waals surface area contributed by atoms with Crippen LogP contribution in [0.4, 0.5) is 10.5 Å². The Hall–Kier alpha value is -3.14. The summed E-state index contributed by atoms with van der Waals surface area (Å²) in [6, 6.07) is 14.5. The Morgan fingerprint density at radius 2 is 1.81 bits per heavy atom. The maximum atomic E-state index is 12.9. The summed E-state index contributed by atoms with van der Waals surface area (Å²) in [5, 5.41) is 16.0. The van der Waals surface area contributed by atoms with Crippen molar-refractivity contribution < 1.29 is 24.2 Å². The number of carbonyl (C=O) groups is 3. The third kappa shape index (κ3) is 7.43. The Morgan fingerprint density at radius 1 is 1.14 bits per heavy atom.